The van der Waals surface area contributed by atoms with Crippen LogP contribution in [0.5, 0.6) is 6.01 Å². The highest BCUT2D eigenvalue weighted by molar-refractivity contribution is 5.19. The lowest BCUT2D eigenvalue weighted by Gasteiger charge is -2.15. The highest BCUT2D eigenvalue weighted by atomic mass is 19.4. The first-order valence-electron chi connectivity index (χ1n) is 3.90. The van der Waals surface area contributed by atoms with E-state index < -0.39 is 18.3 Å². The Labute approximate surface area is 83.3 Å². The van der Waals surface area contributed by atoms with Gasteiger partial charge < -0.3 is 4.74 Å². The fourth-order valence-corrected chi connectivity index (χ4v) is 0.685. The molecular formula is C8H6F3N3O. The zero-order valence-corrected chi connectivity index (χ0v) is 7.62. The standard InChI is InChI=1S/C8H6F3N3O/c1-5(8(9,10)11)15-7-13-3-2-6(4-12)14-7/h2-3,5H,1H3. The number of aromatic nitrogens is 2. The number of hydrogen-bond acceptors (Lipinski definition) is 4. The van der Waals surface area contributed by atoms with Crippen molar-refractivity contribution in [2.24, 2.45) is 0 Å². The lowest BCUT2D eigenvalue weighted by atomic mass is 10.4. The van der Waals surface area contributed by atoms with Gasteiger partial charge in [-0.25, -0.2) is 4.98 Å². The molecular weight excluding hydrogens is 211 g/mol. The van der Waals surface area contributed by atoms with Crippen molar-refractivity contribution in [3.05, 3.63) is 18.0 Å². The molecule has 1 aromatic rings. The molecule has 80 valence electrons. The van der Waals surface area contributed by atoms with Crippen molar-refractivity contribution in [3.8, 4) is 12.1 Å². The summed E-state index contributed by atoms with van der Waals surface area (Å²) in [5, 5.41) is 8.44. The predicted octanol–water partition coefficient (Wildman–Crippen LogP) is 1.68. The molecule has 0 radical (unpaired) electrons. The van der Waals surface area contributed by atoms with Gasteiger partial charge in [-0.15, -0.1) is 0 Å². The Hall–Kier alpha value is -1.84. The van der Waals surface area contributed by atoms with Gasteiger partial charge >= 0.3 is 12.2 Å². The van der Waals surface area contributed by atoms with Crippen molar-refractivity contribution in [2.45, 2.75) is 19.2 Å². The molecule has 0 saturated carbocycles. The van der Waals surface area contributed by atoms with Gasteiger partial charge in [0, 0.05) is 6.20 Å². The average Bonchev–Trinajstić information content (AvgIpc) is 2.16. The molecule has 0 aliphatic carbocycles. The zero-order chi connectivity index (χ0) is 11.5. The van der Waals surface area contributed by atoms with Crippen LogP contribution < -0.4 is 4.74 Å². The smallest absolute Gasteiger partial charge is 0.425 e. The van der Waals surface area contributed by atoms with E-state index in [9.17, 15) is 13.2 Å². The van der Waals surface area contributed by atoms with E-state index in [1.807, 2.05) is 0 Å². The van der Waals surface area contributed by atoms with Gasteiger partial charge in [-0.05, 0) is 13.0 Å². The molecule has 15 heavy (non-hydrogen) atoms. The van der Waals surface area contributed by atoms with Crippen LogP contribution in [-0.2, 0) is 0 Å². The van der Waals surface area contributed by atoms with Gasteiger partial charge in [0.1, 0.15) is 11.8 Å². The third-order valence-corrected chi connectivity index (χ3v) is 1.49. The van der Waals surface area contributed by atoms with Crippen LogP contribution >= 0.6 is 0 Å². The predicted molar refractivity (Wildman–Crippen MR) is 42.9 cm³/mol. The molecule has 0 N–H and O–H groups in total. The Morgan fingerprint density at radius 3 is 2.73 bits per heavy atom. The van der Waals surface area contributed by atoms with E-state index in [1.165, 1.54) is 6.07 Å². The molecule has 0 amide bonds. The second kappa shape index (κ2) is 4.13. The summed E-state index contributed by atoms with van der Waals surface area (Å²) in [6.45, 7) is 0.836. The quantitative estimate of drug-likeness (QED) is 0.756. The average molecular weight is 217 g/mol. The minimum atomic E-state index is -4.48. The number of hydrogen-bond donors (Lipinski definition) is 0. The first-order chi connectivity index (χ1) is 6.93. The van der Waals surface area contributed by atoms with Crippen LogP contribution in [-0.4, -0.2) is 22.2 Å². The summed E-state index contributed by atoms with van der Waals surface area (Å²) in [7, 11) is 0. The number of rotatable bonds is 2. The minimum Gasteiger partial charge on any atom is -0.451 e. The van der Waals surface area contributed by atoms with Crippen molar-refractivity contribution in [3.63, 3.8) is 0 Å². The van der Waals surface area contributed by atoms with Crippen LogP contribution in [0.25, 0.3) is 0 Å². The van der Waals surface area contributed by atoms with E-state index in [2.05, 4.69) is 14.7 Å². The molecule has 1 aromatic heterocycles. The monoisotopic (exact) mass is 217 g/mol. The van der Waals surface area contributed by atoms with Crippen molar-refractivity contribution < 1.29 is 17.9 Å². The molecule has 1 atom stereocenters. The van der Waals surface area contributed by atoms with Crippen molar-refractivity contribution in [1.82, 2.24) is 9.97 Å². The van der Waals surface area contributed by atoms with Crippen LogP contribution in [0.15, 0.2) is 12.3 Å². The summed E-state index contributed by atoms with van der Waals surface area (Å²) in [6.07, 6.45) is -5.33. The Bertz CT molecular complexity index is 385. The van der Waals surface area contributed by atoms with Gasteiger partial charge in [0.15, 0.2) is 6.10 Å². The zero-order valence-electron chi connectivity index (χ0n) is 7.62. The molecule has 0 bridgehead atoms. The largest absolute Gasteiger partial charge is 0.451 e. The van der Waals surface area contributed by atoms with Gasteiger partial charge in [-0.2, -0.15) is 23.4 Å². The molecule has 0 aromatic carbocycles. The molecule has 7 heteroatoms. The molecule has 4 nitrogen and oxygen atoms in total. The van der Waals surface area contributed by atoms with E-state index in [4.69, 9.17) is 5.26 Å². The maximum Gasteiger partial charge on any atom is 0.425 e. The fourth-order valence-electron chi connectivity index (χ4n) is 0.685. The maximum absolute atomic E-state index is 12.1. The van der Waals surface area contributed by atoms with Crippen LogP contribution in [0.4, 0.5) is 13.2 Å². The van der Waals surface area contributed by atoms with E-state index >= 15 is 0 Å². The highest BCUT2D eigenvalue weighted by Crippen LogP contribution is 2.22. The van der Waals surface area contributed by atoms with Crippen LogP contribution in [0.3, 0.4) is 0 Å². The summed E-state index contributed by atoms with van der Waals surface area (Å²) < 4.78 is 40.6. The first kappa shape index (κ1) is 11.2. The molecule has 1 rings (SSSR count). The maximum atomic E-state index is 12.1. The van der Waals surface area contributed by atoms with E-state index in [0.717, 1.165) is 13.1 Å². The number of nitriles is 1. The Kier molecular flexibility index (Phi) is 3.09. The van der Waals surface area contributed by atoms with Crippen molar-refractivity contribution in [1.29, 1.82) is 5.26 Å². The Balaban J connectivity index is 2.78. The second-order valence-corrected chi connectivity index (χ2v) is 2.64. The normalized spacial score (nSPS) is 13.0. The number of alkyl halides is 3. The number of nitrogens with zero attached hydrogens (tertiary/aromatic N) is 3. The van der Waals surface area contributed by atoms with E-state index in [-0.39, 0.29) is 5.69 Å². The molecule has 0 spiro atoms. The van der Waals surface area contributed by atoms with Crippen molar-refractivity contribution >= 4 is 0 Å². The Morgan fingerprint density at radius 2 is 2.20 bits per heavy atom. The molecule has 0 fully saturated rings. The summed E-state index contributed by atoms with van der Waals surface area (Å²) in [5.74, 6) is 0. The lowest BCUT2D eigenvalue weighted by molar-refractivity contribution is -0.190. The van der Waals surface area contributed by atoms with Crippen LogP contribution in [0.2, 0.25) is 0 Å². The minimum absolute atomic E-state index is 0.0469. The lowest BCUT2D eigenvalue weighted by Crippen LogP contribution is -2.31. The fraction of sp³-hybridized carbons (Fsp3) is 0.375. The van der Waals surface area contributed by atoms with Crippen LogP contribution in [0, 0.1) is 11.3 Å². The summed E-state index contributed by atoms with van der Waals surface area (Å²) in [5.41, 5.74) is -0.0469. The number of halogens is 3. The second-order valence-electron chi connectivity index (χ2n) is 2.64. The highest BCUT2D eigenvalue weighted by Gasteiger charge is 2.38. The summed E-state index contributed by atoms with van der Waals surface area (Å²) in [6, 6.07) is 2.48. The first-order valence-corrected chi connectivity index (χ1v) is 3.90. The Morgan fingerprint density at radius 1 is 1.53 bits per heavy atom. The third kappa shape index (κ3) is 3.09. The molecule has 0 saturated heterocycles. The SMILES string of the molecule is CC(Oc1nccc(C#N)n1)C(F)(F)F. The molecule has 1 unspecified atom stereocenters. The molecule has 1 heterocycles. The van der Waals surface area contributed by atoms with Gasteiger partial charge in [-0.1, -0.05) is 0 Å². The van der Waals surface area contributed by atoms with Gasteiger partial charge in [0.2, 0.25) is 0 Å². The van der Waals surface area contributed by atoms with Gasteiger partial charge in [0.05, 0.1) is 0 Å². The van der Waals surface area contributed by atoms with Gasteiger partial charge in [-0.3, -0.25) is 0 Å². The van der Waals surface area contributed by atoms with E-state index in [0.29, 0.717) is 0 Å². The molecule has 0 aliphatic heterocycles. The topological polar surface area (TPSA) is 58.8 Å². The molecule has 0 aliphatic rings. The summed E-state index contributed by atoms with van der Waals surface area (Å²) in [4.78, 5) is 6.91. The van der Waals surface area contributed by atoms with Gasteiger partial charge in [0.25, 0.3) is 0 Å². The van der Waals surface area contributed by atoms with Crippen LogP contribution in [0.1, 0.15) is 12.6 Å². The third-order valence-electron chi connectivity index (χ3n) is 1.49. The number of ether oxygens (including phenoxy) is 1. The van der Waals surface area contributed by atoms with Crippen molar-refractivity contribution in [2.75, 3.05) is 0 Å². The van der Waals surface area contributed by atoms with E-state index in [1.54, 1.807) is 6.07 Å². The summed E-state index contributed by atoms with van der Waals surface area (Å²) >= 11 is 0.